The summed E-state index contributed by atoms with van der Waals surface area (Å²) in [6.07, 6.45) is 0.654. The quantitative estimate of drug-likeness (QED) is 0.509. The van der Waals surface area contributed by atoms with Gasteiger partial charge in [-0.3, -0.25) is 9.36 Å². The molecule has 0 spiro atoms. The number of urea groups is 1. The van der Waals surface area contributed by atoms with Crippen molar-refractivity contribution in [3.63, 3.8) is 0 Å². The van der Waals surface area contributed by atoms with Crippen LogP contribution in [0.2, 0.25) is 0 Å². The molecule has 0 fully saturated rings. The maximum absolute atomic E-state index is 13.3. The van der Waals surface area contributed by atoms with Crippen LogP contribution in [-0.4, -0.2) is 47.9 Å². The molecule has 2 aromatic carbocycles. The van der Waals surface area contributed by atoms with Gasteiger partial charge in [0.05, 0.1) is 24.1 Å². The number of carbonyl (C=O) groups is 1. The van der Waals surface area contributed by atoms with Crippen molar-refractivity contribution in [2.24, 2.45) is 0 Å². The zero-order valence-electron chi connectivity index (χ0n) is 19.0. The minimum Gasteiger partial charge on any atom is -0.497 e. The van der Waals surface area contributed by atoms with Gasteiger partial charge in [0.15, 0.2) is 0 Å². The molecule has 8 heteroatoms. The van der Waals surface area contributed by atoms with E-state index in [1.807, 2.05) is 32.0 Å². The van der Waals surface area contributed by atoms with Gasteiger partial charge in [0, 0.05) is 32.5 Å². The molecule has 1 aromatic heterocycles. The molecule has 3 rings (SSSR count). The van der Waals surface area contributed by atoms with Gasteiger partial charge in [-0.1, -0.05) is 12.1 Å². The van der Waals surface area contributed by atoms with Gasteiger partial charge in [-0.05, 0) is 56.7 Å². The van der Waals surface area contributed by atoms with Gasteiger partial charge < -0.3 is 19.7 Å². The monoisotopic (exact) mass is 438 g/mol. The second-order valence-electron chi connectivity index (χ2n) is 7.41. The molecule has 0 saturated heterocycles. The molecule has 0 aliphatic rings. The second kappa shape index (κ2) is 10.8. The zero-order chi connectivity index (χ0) is 23.1. The van der Waals surface area contributed by atoms with Crippen LogP contribution in [0.15, 0.2) is 53.3 Å². The fraction of sp³-hybridized carbons (Fsp3) is 0.375. The van der Waals surface area contributed by atoms with Crippen LogP contribution in [0, 0.1) is 0 Å². The summed E-state index contributed by atoms with van der Waals surface area (Å²) in [5.74, 6) is 1.26. The highest BCUT2D eigenvalue weighted by Crippen LogP contribution is 2.22. The van der Waals surface area contributed by atoms with Crippen LogP contribution in [-0.2, 0) is 11.3 Å². The molecule has 1 N–H and O–H groups in total. The first-order chi connectivity index (χ1) is 15.5. The van der Waals surface area contributed by atoms with E-state index in [-0.39, 0.29) is 11.6 Å². The third kappa shape index (κ3) is 5.08. The topological polar surface area (TPSA) is 85.7 Å². The number of benzene rings is 2. The lowest BCUT2D eigenvalue weighted by atomic mass is 10.2. The first-order valence-electron chi connectivity index (χ1n) is 10.7. The Labute approximate surface area is 187 Å². The highest BCUT2D eigenvalue weighted by Gasteiger charge is 2.26. The number of fused-ring (bicyclic) bond motifs is 1. The van der Waals surface area contributed by atoms with E-state index in [4.69, 9.17) is 14.5 Å². The van der Waals surface area contributed by atoms with Gasteiger partial charge in [0.1, 0.15) is 11.6 Å². The minimum atomic E-state index is -0.428. The Bertz CT molecular complexity index is 1110. The number of anilines is 1. The summed E-state index contributed by atoms with van der Waals surface area (Å²) in [5, 5.41) is 3.50. The molecule has 8 nitrogen and oxygen atoms in total. The average Bonchev–Trinajstić information content (AvgIpc) is 2.82. The van der Waals surface area contributed by atoms with Crippen LogP contribution < -0.4 is 15.6 Å². The number of nitrogens with zero attached hydrogens (tertiary/aromatic N) is 3. The van der Waals surface area contributed by atoms with Crippen molar-refractivity contribution in [2.75, 3.05) is 32.7 Å². The summed E-state index contributed by atoms with van der Waals surface area (Å²) in [7, 11) is 3.22. The first-order valence-corrected chi connectivity index (χ1v) is 10.7. The molecule has 2 amide bonds. The summed E-state index contributed by atoms with van der Waals surface area (Å²) in [5.41, 5.74) is 1.17. The van der Waals surface area contributed by atoms with E-state index in [2.05, 4.69) is 5.32 Å². The summed E-state index contributed by atoms with van der Waals surface area (Å²) in [4.78, 5) is 32.8. The number of ether oxygens (including phenoxy) is 2. The summed E-state index contributed by atoms with van der Waals surface area (Å²) in [6.45, 7) is 5.22. The van der Waals surface area contributed by atoms with Gasteiger partial charge in [-0.25, -0.2) is 9.78 Å². The average molecular weight is 439 g/mol. The van der Waals surface area contributed by atoms with Gasteiger partial charge in [0.25, 0.3) is 5.56 Å². The van der Waals surface area contributed by atoms with E-state index in [1.165, 1.54) is 0 Å². The molecular formula is C24H30N4O4. The number of aromatic nitrogens is 2. The van der Waals surface area contributed by atoms with Crippen LogP contribution in [0.3, 0.4) is 0 Å². The van der Waals surface area contributed by atoms with E-state index in [9.17, 15) is 9.59 Å². The lowest BCUT2D eigenvalue weighted by Crippen LogP contribution is -2.41. The van der Waals surface area contributed by atoms with E-state index in [0.717, 1.165) is 0 Å². The maximum atomic E-state index is 13.3. The van der Waals surface area contributed by atoms with Crippen LogP contribution >= 0.6 is 0 Å². The Morgan fingerprint density at radius 2 is 1.88 bits per heavy atom. The molecule has 0 aliphatic carbocycles. The molecule has 1 atom stereocenters. The summed E-state index contributed by atoms with van der Waals surface area (Å²) >= 11 is 0. The molecule has 0 aliphatic heterocycles. The lowest BCUT2D eigenvalue weighted by molar-refractivity contribution is 0.158. The molecule has 32 heavy (non-hydrogen) atoms. The van der Waals surface area contributed by atoms with E-state index >= 15 is 0 Å². The predicted molar refractivity (Wildman–Crippen MR) is 125 cm³/mol. The summed E-state index contributed by atoms with van der Waals surface area (Å²) in [6, 6.07) is 13.7. The van der Waals surface area contributed by atoms with Crippen molar-refractivity contribution in [3.8, 4) is 5.75 Å². The smallest absolute Gasteiger partial charge is 0.322 e. The van der Waals surface area contributed by atoms with Gasteiger partial charge in [0.2, 0.25) is 0 Å². The standard InChI is InChI=1S/C24H30N4O4/c1-5-27-22(26-21-10-7-6-9-20(21)23(27)29)17(2)28(15-8-16-31-3)24(30)25-18-11-13-19(32-4)14-12-18/h6-7,9-14,17H,5,8,15-16H2,1-4H3,(H,25,30). The highest BCUT2D eigenvalue weighted by molar-refractivity contribution is 5.89. The molecule has 3 aromatic rings. The van der Waals surface area contributed by atoms with Crippen molar-refractivity contribution >= 4 is 22.6 Å². The number of methoxy groups -OCH3 is 2. The third-order valence-electron chi connectivity index (χ3n) is 5.40. The number of nitrogens with one attached hydrogen (secondary N) is 1. The van der Waals surface area contributed by atoms with Crippen LogP contribution in [0.5, 0.6) is 5.75 Å². The van der Waals surface area contributed by atoms with Crippen LogP contribution in [0.1, 0.15) is 32.1 Å². The van der Waals surface area contributed by atoms with E-state index < -0.39 is 6.04 Å². The first kappa shape index (κ1) is 23.3. The third-order valence-corrected chi connectivity index (χ3v) is 5.40. The lowest BCUT2D eigenvalue weighted by Gasteiger charge is -2.30. The van der Waals surface area contributed by atoms with Gasteiger partial charge >= 0.3 is 6.03 Å². The Hall–Kier alpha value is -3.39. The molecule has 1 unspecified atom stereocenters. The minimum absolute atomic E-state index is 0.104. The van der Waals surface area contributed by atoms with Gasteiger partial charge in [-0.2, -0.15) is 0 Å². The van der Waals surface area contributed by atoms with Crippen molar-refractivity contribution in [3.05, 3.63) is 64.7 Å². The number of carbonyl (C=O) groups excluding carboxylic acids is 1. The van der Waals surface area contributed by atoms with E-state index in [1.54, 1.807) is 54.0 Å². The Balaban J connectivity index is 1.95. The fourth-order valence-corrected chi connectivity index (χ4v) is 3.67. The van der Waals surface area contributed by atoms with Crippen molar-refractivity contribution in [1.29, 1.82) is 0 Å². The van der Waals surface area contributed by atoms with E-state index in [0.29, 0.717) is 54.3 Å². The zero-order valence-corrected chi connectivity index (χ0v) is 19.0. The number of hydrogen-bond acceptors (Lipinski definition) is 5. The predicted octanol–water partition coefficient (Wildman–Crippen LogP) is 4.06. The van der Waals surface area contributed by atoms with Crippen molar-refractivity contribution in [1.82, 2.24) is 14.5 Å². The number of para-hydroxylation sites is 1. The normalized spacial score (nSPS) is 11.9. The van der Waals surface area contributed by atoms with Crippen molar-refractivity contribution < 1.29 is 14.3 Å². The Morgan fingerprint density at radius 1 is 1.16 bits per heavy atom. The highest BCUT2D eigenvalue weighted by atomic mass is 16.5. The van der Waals surface area contributed by atoms with Gasteiger partial charge in [-0.15, -0.1) is 0 Å². The fourth-order valence-electron chi connectivity index (χ4n) is 3.67. The number of hydrogen-bond donors (Lipinski definition) is 1. The Morgan fingerprint density at radius 3 is 2.53 bits per heavy atom. The molecular weight excluding hydrogens is 408 g/mol. The van der Waals surface area contributed by atoms with Crippen LogP contribution in [0.25, 0.3) is 10.9 Å². The van der Waals surface area contributed by atoms with Crippen molar-refractivity contribution in [2.45, 2.75) is 32.9 Å². The molecule has 0 radical (unpaired) electrons. The molecule has 1 heterocycles. The SMILES string of the molecule is CCn1c(C(C)N(CCCOC)C(=O)Nc2ccc(OC)cc2)nc2ccccc2c1=O. The number of rotatable bonds is 9. The van der Waals surface area contributed by atoms with Crippen LogP contribution in [0.4, 0.5) is 10.5 Å². The molecule has 0 bridgehead atoms. The largest absolute Gasteiger partial charge is 0.497 e. The molecule has 0 saturated carbocycles. The second-order valence-corrected chi connectivity index (χ2v) is 7.41. The molecule has 170 valence electrons. The number of amides is 2. The summed E-state index contributed by atoms with van der Waals surface area (Å²) < 4.78 is 12.0. The maximum Gasteiger partial charge on any atom is 0.322 e. The Kier molecular flexibility index (Phi) is 7.83.